The number of amides is 1. The van der Waals surface area contributed by atoms with Crippen molar-refractivity contribution in [1.82, 2.24) is 14.8 Å². The third-order valence-electron chi connectivity index (χ3n) is 6.31. The fraction of sp³-hybridized carbons (Fsp3) is 0.440. The Hall–Kier alpha value is -2.54. The van der Waals surface area contributed by atoms with Gasteiger partial charge in [-0.1, -0.05) is 56.3 Å². The molecule has 1 amide bonds. The molecule has 0 aliphatic heterocycles. The molecule has 3 aromatic rings. The third kappa shape index (κ3) is 5.83. The summed E-state index contributed by atoms with van der Waals surface area (Å²) in [4.78, 5) is 14.0. The van der Waals surface area contributed by atoms with Crippen molar-refractivity contribution in [1.29, 1.82) is 5.26 Å². The van der Waals surface area contributed by atoms with Crippen LogP contribution in [0.4, 0.5) is 5.00 Å². The van der Waals surface area contributed by atoms with Crippen LogP contribution < -0.4 is 10.1 Å². The minimum Gasteiger partial charge on any atom is -0.484 e. The zero-order valence-corrected chi connectivity index (χ0v) is 22.6. The normalized spacial score (nSPS) is 15.4. The highest BCUT2D eigenvalue weighted by atomic mass is 35.5. The molecule has 0 saturated carbocycles. The van der Waals surface area contributed by atoms with Gasteiger partial charge in [-0.25, -0.2) is 0 Å². The van der Waals surface area contributed by atoms with Crippen molar-refractivity contribution in [3.63, 3.8) is 0 Å². The van der Waals surface area contributed by atoms with E-state index >= 15 is 0 Å². The molecule has 2 aromatic heterocycles. The summed E-state index contributed by atoms with van der Waals surface area (Å²) < 4.78 is 7.54. The number of hydrogen-bond acceptors (Lipinski definition) is 7. The topological polar surface area (TPSA) is 92.8 Å². The summed E-state index contributed by atoms with van der Waals surface area (Å²) in [6.07, 6.45) is 2.92. The van der Waals surface area contributed by atoms with Gasteiger partial charge in [0.15, 0.2) is 11.0 Å². The van der Waals surface area contributed by atoms with Crippen LogP contribution in [0.1, 0.15) is 49.0 Å². The van der Waals surface area contributed by atoms with E-state index in [4.69, 9.17) is 16.3 Å². The van der Waals surface area contributed by atoms with E-state index in [2.05, 4.69) is 42.4 Å². The van der Waals surface area contributed by atoms with Crippen LogP contribution in [0, 0.1) is 22.7 Å². The Morgan fingerprint density at radius 1 is 1.37 bits per heavy atom. The number of benzene rings is 1. The van der Waals surface area contributed by atoms with E-state index in [1.165, 1.54) is 16.6 Å². The molecule has 7 nitrogen and oxygen atoms in total. The smallest absolute Gasteiger partial charge is 0.235 e. The fourth-order valence-electron chi connectivity index (χ4n) is 4.12. The van der Waals surface area contributed by atoms with Gasteiger partial charge >= 0.3 is 0 Å². The molecule has 0 saturated heterocycles. The first kappa shape index (κ1) is 25.5. The Morgan fingerprint density at radius 3 is 2.86 bits per heavy atom. The van der Waals surface area contributed by atoms with Gasteiger partial charge in [0.2, 0.25) is 5.91 Å². The predicted molar refractivity (Wildman–Crippen MR) is 140 cm³/mol. The van der Waals surface area contributed by atoms with Crippen LogP contribution in [0.15, 0.2) is 29.4 Å². The van der Waals surface area contributed by atoms with Crippen molar-refractivity contribution in [2.75, 3.05) is 11.1 Å². The standard InChI is InChI=1S/C25H28ClN5O2S2/c1-25(2,3)15-9-10-16-17(12-27)23(35-20(16)11-15)28-22(32)14-34-24-30-29-21(31(24)4)13-33-19-8-6-5-7-18(19)26/h5-8,15H,9-11,13-14H2,1-4H3,(H,28,32). The SMILES string of the molecule is Cn1c(COc2ccccc2Cl)nnc1SCC(=O)Nc1sc2c(c1C#N)CCC(C(C)(C)C)C2. The Bertz CT molecular complexity index is 1270. The second-order valence-electron chi connectivity index (χ2n) is 9.64. The Kier molecular flexibility index (Phi) is 7.74. The van der Waals surface area contributed by atoms with Gasteiger partial charge in [0, 0.05) is 11.9 Å². The van der Waals surface area contributed by atoms with Crippen molar-refractivity contribution in [2.45, 2.75) is 51.8 Å². The maximum absolute atomic E-state index is 12.7. The van der Waals surface area contributed by atoms with Crippen molar-refractivity contribution in [3.05, 3.63) is 51.1 Å². The second kappa shape index (κ2) is 10.6. The molecule has 1 unspecified atom stereocenters. The number of aromatic nitrogens is 3. The summed E-state index contributed by atoms with van der Waals surface area (Å²) in [5, 5.41) is 22.9. The quantitative estimate of drug-likeness (QED) is 0.385. The van der Waals surface area contributed by atoms with E-state index in [1.807, 2.05) is 19.2 Å². The average molecular weight is 530 g/mol. The summed E-state index contributed by atoms with van der Waals surface area (Å²) in [6, 6.07) is 9.56. The number of thiophene rings is 1. The fourth-order valence-corrected chi connectivity index (χ4v) is 6.34. The lowest BCUT2D eigenvalue weighted by Gasteiger charge is -2.33. The molecule has 0 bridgehead atoms. The first-order valence-corrected chi connectivity index (χ1v) is 13.6. The number of hydrogen-bond donors (Lipinski definition) is 1. The zero-order valence-electron chi connectivity index (χ0n) is 20.2. The van der Waals surface area contributed by atoms with Crippen molar-refractivity contribution in [3.8, 4) is 11.8 Å². The highest BCUT2D eigenvalue weighted by molar-refractivity contribution is 7.99. The van der Waals surface area contributed by atoms with E-state index in [1.54, 1.807) is 28.0 Å². The summed E-state index contributed by atoms with van der Waals surface area (Å²) in [7, 11) is 1.83. The molecule has 184 valence electrons. The summed E-state index contributed by atoms with van der Waals surface area (Å²) in [5.74, 6) is 1.76. The van der Waals surface area contributed by atoms with Gasteiger partial charge in [-0.2, -0.15) is 5.26 Å². The van der Waals surface area contributed by atoms with Gasteiger partial charge in [-0.15, -0.1) is 21.5 Å². The number of fused-ring (bicyclic) bond motifs is 1. The number of para-hydroxylation sites is 1. The Balaban J connectivity index is 1.36. The molecule has 0 spiro atoms. The number of nitrogens with one attached hydrogen (secondary N) is 1. The van der Waals surface area contributed by atoms with E-state index in [9.17, 15) is 10.1 Å². The third-order valence-corrected chi connectivity index (χ3v) is 8.81. The summed E-state index contributed by atoms with van der Waals surface area (Å²) in [6.45, 7) is 7.01. The number of halogens is 1. The highest BCUT2D eigenvalue weighted by Gasteiger charge is 2.32. The molecule has 10 heteroatoms. The first-order chi connectivity index (χ1) is 16.7. The van der Waals surface area contributed by atoms with E-state index in [-0.39, 0.29) is 23.7 Å². The zero-order chi connectivity index (χ0) is 25.2. The molecule has 1 aliphatic rings. The van der Waals surface area contributed by atoms with Crippen LogP contribution >= 0.6 is 34.7 Å². The van der Waals surface area contributed by atoms with Gasteiger partial charge in [0.05, 0.1) is 16.3 Å². The highest BCUT2D eigenvalue weighted by Crippen LogP contribution is 2.44. The Labute approximate surface area is 218 Å². The molecular weight excluding hydrogens is 502 g/mol. The number of nitrogens with zero attached hydrogens (tertiary/aromatic N) is 4. The van der Waals surface area contributed by atoms with Crippen LogP contribution in [0.25, 0.3) is 0 Å². The Morgan fingerprint density at radius 2 is 2.14 bits per heavy atom. The lowest BCUT2D eigenvalue weighted by Crippen LogP contribution is -2.26. The van der Waals surface area contributed by atoms with E-state index in [0.717, 1.165) is 24.8 Å². The van der Waals surface area contributed by atoms with Crippen molar-refractivity contribution in [2.24, 2.45) is 18.4 Å². The number of anilines is 1. The molecule has 35 heavy (non-hydrogen) atoms. The van der Waals surface area contributed by atoms with Crippen LogP contribution in [0.5, 0.6) is 5.75 Å². The van der Waals surface area contributed by atoms with Gasteiger partial charge in [0.1, 0.15) is 23.4 Å². The predicted octanol–water partition coefficient (Wildman–Crippen LogP) is 5.86. The van der Waals surface area contributed by atoms with Crippen LogP contribution in [0.2, 0.25) is 5.02 Å². The maximum atomic E-state index is 12.7. The van der Waals surface area contributed by atoms with Crippen LogP contribution in [-0.2, 0) is 31.3 Å². The molecule has 1 N–H and O–H groups in total. The van der Waals surface area contributed by atoms with E-state index < -0.39 is 0 Å². The summed E-state index contributed by atoms with van der Waals surface area (Å²) in [5.41, 5.74) is 1.95. The number of rotatable bonds is 7. The van der Waals surface area contributed by atoms with Gasteiger partial charge < -0.3 is 14.6 Å². The number of thioether (sulfide) groups is 1. The number of nitriles is 1. The van der Waals surface area contributed by atoms with Gasteiger partial charge in [-0.05, 0) is 48.3 Å². The largest absolute Gasteiger partial charge is 0.484 e. The minimum atomic E-state index is -0.172. The molecular formula is C25H28ClN5O2S2. The van der Waals surface area contributed by atoms with Crippen molar-refractivity contribution >= 4 is 45.6 Å². The lowest BCUT2D eigenvalue weighted by molar-refractivity contribution is -0.113. The lowest BCUT2D eigenvalue weighted by atomic mass is 9.72. The molecule has 1 aromatic carbocycles. The van der Waals surface area contributed by atoms with Crippen LogP contribution in [-0.4, -0.2) is 26.4 Å². The van der Waals surface area contributed by atoms with Gasteiger partial charge in [-0.3, -0.25) is 4.79 Å². The molecule has 1 aliphatic carbocycles. The average Bonchev–Trinajstić information content (AvgIpc) is 3.35. The number of carbonyl (C=O) groups is 1. The van der Waals surface area contributed by atoms with E-state index in [0.29, 0.717) is 38.2 Å². The minimum absolute atomic E-state index is 0.162. The number of ether oxygens (including phenoxy) is 1. The first-order valence-electron chi connectivity index (χ1n) is 11.4. The summed E-state index contributed by atoms with van der Waals surface area (Å²) >= 11 is 8.97. The number of carbonyl (C=O) groups excluding carboxylic acids is 1. The van der Waals surface area contributed by atoms with Crippen molar-refractivity contribution < 1.29 is 9.53 Å². The maximum Gasteiger partial charge on any atom is 0.235 e. The second-order valence-corrected chi connectivity index (χ2v) is 12.1. The van der Waals surface area contributed by atoms with Gasteiger partial charge in [0.25, 0.3) is 0 Å². The molecule has 4 rings (SSSR count). The molecule has 0 fully saturated rings. The monoisotopic (exact) mass is 529 g/mol. The molecule has 0 radical (unpaired) electrons. The molecule has 2 heterocycles. The van der Waals surface area contributed by atoms with Crippen LogP contribution in [0.3, 0.4) is 0 Å². The molecule has 1 atom stereocenters.